The van der Waals surface area contributed by atoms with Crippen LogP contribution in [0.2, 0.25) is 0 Å². The molecule has 3 amide bonds. The molecule has 0 aromatic heterocycles. The monoisotopic (exact) mass is 591 g/mol. The maximum absolute atomic E-state index is 13.9. The minimum Gasteiger partial charge on any atom is -0.487 e. The average molecular weight is 592 g/mol. The summed E-state index contributed by atoms with van der Waals surface area (Å²) in [5, 5.41) is 17.6. The molecule has 3 aromatic carbocycles. The van der Waals surface area contributed by atoms with Crippen molar-refractivity contribution in [2.24, 2.45) is 0 Å². The highest BCUT2D eigenvalue weighted by Gasteiger charge is 2.46. The molecule has 222 valence electrons. The van der Waals surface area contributed by atoms with Crippen LogP contribution in [0.25, 0.3) is 0 Å². The standard InChI is InChI=1S/C29H26F5N3O5/c30-17-3-7-23(31)15(9-17)13-35-26(39)12-20-11-22-21-10-19(6-8-24(21)42-27(22)25(14-38)41-20)37-28(40)36-18-4-1-16(2-5-18)29(32,33)34/h1-10,20,22,25,27,38H,11-14H2,(H,35,39)(H2,36,37,40)/t20-,22-,25-,27+/m1/s1. The van der Waals surface area contributed by atoms with Gasteiger partial charge in [0.05, 0.1) is 24.7 Å². The van der Waals surface area contributed by atoms with Gasteiger partial charge in [-0.2, -0.15) is 13.2 Å². The summed E-state index contributed by atoms with van der Waals surface area (Å²) in [6.07, 6.45) is -6.14. The van der Waals surface area contributed by atoms with Gasteiger partial charge in [-0.25, -0.2) is 13.6 Å². The third-order valence-electron chi connectivity index (χ3n) is 7.12. The molecule has 42 heavy (non-hydrogen) atoms. The van der Waals surface area contributed by atoms with E-state index >= 15 is 0 Å². The van der Waals surface area contributed by atoms with Crippen molar-refractivity contribution in [3.05, 3.63) is 89.0 Å². The molecule has 0 bridgehead atoms. The van der Waals surface area contributed by atoms with Crippen LogP contribution in [0.5, 0.6) is 5.75 Å². The number of rotatable bonds is 7. The van der Waals surface area contributed by atoms with Crippen molar-refractivity contribution in [1.29, 1.82) is 0 Å². The van der Waals surface area contributed by atoms with Gasteiger partial charge in [-0.15, -0.1) is 0 Å². The molecular weight excluding hydrogens is 565 g/mol. The third kappa shape index (κ3) is 6.63. The lowest BCUT2D eigenvalue weighted by atomic mass is 9.84. The van der Waals surface area contributed by atoms with Gasteiger partial charge >= 0.3 is 12.2 Å². The second-order valence-corrected chi connectivity index (χ2v) is 10.0. The van der Waals surface area contributed by atoms with Crippen molar-refractivity contribution in [2.45, 2.75) is 49.8 Å². The van der Waals surface area contributed by atoms with Crippen LogP contribution >= 0.6 is 0 Å². The van der Waals surface area contributed by atoms with Crippen LogP contribution in [0.3, 0.4) is 0 Å². The van der Waals surface area contributed by atoms with E-state index < -0.39 is 53.6 Å². The van der Waals surface area contributed by atoms with E-state index in [0.717, 1.165) is 48.0 Å². The van der Waals surface area contributed by atoms with Gasteiger partial charge in [-0.05, 0) is 67.1 Å². The van der Waals surface area contributed by atoms with Crippen LogP contribution in [0.15, 0.2) is 60.7 Å². The van der Waals surface area contributed by atoms with Crippen molar-refractivity contribution in [1.82, 2.24) is 5.32 Å². The number of aliphatic hydroxyl groups excluding tert-OH is 1. The maximum atomic E-state index is 13.9. The van der Waals surface area contributed by atoms with Crippen LogP contribution in [-0.2, 0) is 22.3 Å². The Morgan fingerprint density at radius 3 is 2.38 bits per heavy atom. The number of ether oxygens (including phenoxy) is 2. The van der Waals surface area contributed by atoms with Crippen LogP contribution in [-0.4, -0.2) is 42.0 Å². The molecule has 5 rings (SSSR count). The molecule has 0 spiro atoms. The molecule has 1 saturated heterocycles. The van der Waals surface area contributed by atoms with Gasteiger partial charge in [0.2, 0.25) is 5.91 Å². The number of carbonyl (C=O) groups excluding carboxylic acids is 2. The Labute approximate surface area is 236 Å². The molecule has 3 aromatic rings. The smallest absolute Gasteiger partial charge is 0.416 e. The molecule has 0 aliphatic carbocycles. The molecule has 2 heterocycles. The van der Waals surface area contributed by atoms with Gasteiger partial charge in [0.15, 0.2) is 0 Å². The van der Waals surface area contributed by atoms with Gasteiger partial charge < -0.3 is 30.5 Å². The van der Waals surface area contributed by atoms with E-state index in [-0.39, 0.29) is 36.7 Å². The van der Waals surface area contributed by atoms with Crippen molar-refractivity contribution < 1.29 is 46.1 Å². The van der Waals surface area contributed by atoms with Gasteiger partial charge in [0.25, 0.3) is 0 Å². The number of aliphatic hydroxyl groups is 1. The summed E-state index contributed by atoms with van der Waals surface area (Å²) in [5.74, 6) is -1.49. The Kier molecular flexibility index (Phi) is 8.32. The number of amides is 3. The molecule has 4 N–H and O–H groups in total. The molecule has 8 nitrogen and oxygen atoms in total. The summed E-state index contributed by atoms with van der Waals surface area (Å²) >= 11 is 0. The normalized spacial score (nSPS) is 21.1. The largest absolute Gasteiger partial charge is 0.487 e. The predicted molar refractivity (Wildman–Crippen MR) is 141 cm³/mol. The Hall–Kier alpha value is -4.23. The van der Waals surface area contributed by atoms with E-state index in [0.29, 0.717) is 17.9 Å². The van der Waals surface area contributed by atoms with Crippen molar-refractivity contribution in [3.63, 3.8) is 0 Å². The van der Waals surface area contributed by atoms with Crippen LogP contribution in [0.4, 0.5) is 38.1 Å². The molecule has 0 unspecified atom stereocenters. The van der Waals surface area contributed by atoms with Gasteiger partial charge in [-0.3, -0.25) is 4.79 Å². The summed E-state index contributed by atoms with van der Waals surface area (Å²) < 4.78 is 77.6. The summed E-state index contributed by atoms with van der Waals surface area (Å²) in [5.41, 5.74) is 0.445. The number of alkyl halides is 3. The quantitative estimate of drug-likeness (QED) is 0.278. The number of nitrogens with one attached hydrogen (secondary N) is 3. The van der Waals surface area contributed by atoms with Crippen LogP contribution in [0.1, 0.15) is 35.4 Å². The number of anilines is 2. The van der Waals surface area contributed by atoms with E-state index in [1.54, 1.807) is 18.2 Å². The third-order valence-corrected chi connectivity index (χ3v) is 7.12. The zero-order valence-electron chi connectivity index (χ0n) is 21.9. The summed E-state index contributed by atoms with van der Waals surface area (Å²) in [6.45, 7) is -0.581. The van der Waals surface area contributed by atoms with Gasteiger partial charge in [0.1, 0.15) is 29.6 Å². The van der Waals surface area contributed by atoms with Crippen molar-refractivity contribution >= 4 is 23.3 Å². The van der Waals surface area contributed by atoms with Crippen LogP contribution in [0, 0.1) is 11.6 Å². The molecule has 13 heteroatoms. The second kappa shape index (κ2) is 11.9. The Morgan fingerprint density at radius 1 is 0.952 bits per heavy atom. The first kappa shape index (κ1) is 29.3. The van der Waals surface area contributed by atoms with Gasteiger partial charge in [-0.1, -0.05) is 0 Å². The number of benzene rings is 3. The van der Waals surface area contributed by atoms with Crippen molar-refractivity contribution in [3.8, 4) is 5.75 Å². The summed E-state index contributed by atoms with van der Waals surface area (Å²) in [6, 6.07) is 11.2. The topological polar surface area (TPSA) is 109 Å². The lowest BCUT2D eigenvalue weighted by molar-refractivity contribution is -0.142. The highest BCUT2D eigenvalue weighted by Crippen LogP contribution is 2.47. The lowest BCUT2D eigenvalue weighted by Crippen LogP contribution is -2.47. The minimum absolute atomic E-state index is 0.00159. The van der Waals surface area contributed by atoms with Crippen LogP contribution < -0.4 is 20.7 Å². The number of carbonyl (C=O) groups is 2. The molecule has 2 aliphatic rings. The Balaban J connectivity index is 1.22. The fourth-order valence-corrected chi connectivity index (χ4v) is 5.15. The first-order chi connectivity index (χ1) is 20.0. The van der Waals surface area contributed by atoms with Crippen molar-refractivity contribution in [2.75, 3.05) is 17.2 Å². The number of hydrogen-bond acceptors (Lipinski definition) is 5. The molecule has 0 saturated carbocycles. The molecular formula is C29H26F5N3O5. The predicted octanol–water partition coefficient (Wildman–Crippen LogP) is 5.33. The molecule has 1 fully saturated rings. The highest BCUT2D eigenvalue weighted by atomic mass is 19.4. The second-order valence-electron chi connectivity index (χ2n) is 10.0. The minimum atomic E-state index is -4.49. The lowest BCUT2D eigenvalue weighted by Gasteiger charge is -2.37. The van der Waals surface area contributed by atoms with E-state index in [4.69, 9.17) is 9.47 Å². The molecule has 0 radical (unpaired) electrons. The van der Waals surface area contributed by atoms with E-state index in [9.17, 15) is 36.6 Å². The number of fused-ring (bicyclic) bond motifs is 3. The SMILES string of the molecule is O=C(C[C@H]1C[C@@H]2c3cc(NC(=O)Nc4ccc(C(F)(F)F)cc4)ccc3O[C@@H]2[C@@H](CO)O1)NCc1cc(F)ccc1F. The van der Waals surface area contributed by atoms with Gasteiger partial charge in [0, 0.05) is 35.0 Å². The van der Waals surface area contributed by atoms with E-state index in [2.05, 4.69) is 16.0 Å². The fourth-order valence-electron chi connectivity index (χ4n) is 5.15. The zero-order chi connectivity index (χ0) is 30.0. The molecule has 4 atom stereocenters. The number of halogens is 5. The first-order valence-corrected chi connectivity index (χ1v) is 13.0. The summed E-state index contributed by atoms with van der Waals surface area (Å²) in [4.78, 5) is 25.1. The average Bonchev–Trinajstić information content (AvgIpc) is 3.30. The maximum Gasteiger partial charge on any atom is 0.416 e. The number of hydrogen-bond donors (Lipinski definition) is 4. The Morgan fingerprint density at radius 2 is 1.67 bits per heavy atom. The summed E-state index contributed by atoms with van der Waals surface area (Å²) in [7, 11) is 0. The highest BCUT2D eigenvalue weighted by molar-refractivity contribution is 5.99. The molecule has 2 aliphatic heterocycles. The van der Waals surface area contributed by atoms with E-state index in [1.807, 2.05) is 0 Å². The zero-order valence-corrected chi connectivity index (χ0v) is 21.9. The van der Waals surface area contributed by atoms with E-state index in [1.165, 1.54) is 0 Å². The fraction of sp³-hybridized carbons (Fsp3) is 0.310. The first-order valence-electron chi connectivity index (χ1n) is 13.0. The number of urea groups is 1. The Bertz CT molecular complexity index is 1470.